The van der Waals surface area contributed by atoms with E-state index in [2.05, 4.69) is 13.8 Å². The zero-order chi connectivity index (χ0) is 9.31. The Morgan fingerprint density at radius 3 is 2.92 bits per heavy atom. The second kappa shape index (κ2) is 3.61. The summed E-state index contributed by atoms with van der Waals surface area (Å²) >= 11 is 0. The van der Waals surface area contributed by atoms with Gasteiger partial charge in [0.15, 0.2) is 0 Å². The molecular formula is C12H22O. The summed E-state index contributed by atoms with van der Waals surface area (Å²) in [6, 6.07) is 0. The molecule has 1 saturated carbocycles. The van der Waals surface area contributed by atoms with E-state index >= 15 is 0 Å². The lowest BCUT2D eigenvalue weighted by atomic mass is 9.61. The molecule has 3 aliphatic rings. The van der Waals surface area contributed by atoms with Crippen LogP contribution in [0.15, 0.2) is 0 Å². The molecule has 0 aromatic carbocycles. The molecule has 1 nitrogen and oxygen atoms in total. The topological polar surface area (TPSA) is 9.23 Å². The molecule has 0 aromatic heterocycles. The maximum Gasteiger partial charge on any atom is 0.0494 e. The molecule has 2 bridgehead atoms. The Kier molecular flexibility index (Phi) is 2.64. The molecule has 3 unspecified atom stereocenters. The number of rotatable bonds is 1. The van der Waals surface area contributed by atoms with E-state index in [1.807, 2.05) is 0 Å². The molecule has 0 radical (unpaired) electrons. The average molecular weight is 182 g/mol. The van der Waals surface area contributed by atoms with Crippen LogP contribution in [0.2, 0.25) is 0 Å². The highest BCUT2D eigenvalue weighted by Crippen LogP contribution is 2.48. The van der Waals surface area contributed by atoms with Gasteiger partial charge in [-0.2, -0.15) is 0 Å². The Morgan fingerprint density at radius 2 is 2.15 bits per heavy atom. The van der Waals surface area contributed by atoms with Crippen LogP contribution < -0.4 is 0 Å². The molecule has 0 spiro atoms. The van der Waals surface area contributed by atoms with E-state index in [1.54, 1.807) is 0 Å². The number of hydrogen-bond donors (Lipinski definition) is 0. The molecule has 0 aromatic rings. The average Bonchev–Trinajstić information content (AvgIpc) is 2.08. The Hall–Kier alpha value is -0.0400. The van der Waals surface area contributed by atoms with Crippen molar-refractivity contribution in [2.24, 2.45) is 17.3 Å². The van der Waals surface area contributed by atoms with Gasteiger partial charge in [-0.15, -0.1) is 0 Å². The number of ether oxygens (including phenoxy) is 1. The van der Waals surface area contributed by atoms with Crippen molar-refractivity contribution in [1.82, 2.24) is 0 Å². The smallest absolute Gasteiger partial charge is 0.0494 e. The third kappa shape index (κ3) is 1.76. The molecule has 3 rings (SSSR count). The zero-order valence-corrected chi connectivity index (χ0v) is 9.01. The maximum absolute atomic E-state index is 5.65. The van der Waals surface area contributed by atoms with Crippen LogP contribution in [-0.2, 0) is 4.74 Å². The van der Waals surface area contributed by atoms with Crippen molar-refractivity contribution in [3.05, 3.63) is 0 Å². The summed E-state index contributed by atoms with van der Waals surface area (Å²) in [5, 5.41) is 0. The Morgan fingerprint density at radius 1 is 1.31 bits per heavy atom. The van der Waals surface area contributed by atoms with Gasteiger partial charge in [0.1, 0.15) is 0 Å². The van der Waals surface area contributed by atoms with Crippen molar-refractivity contribution in [2.75, 3.05) is 13.2 Å². The minimum atomic E-state index is 0.632. The van der Waals surface area contributed by atoms with Crippen LogP contribution in [0.5, 0.6) is 0 Å². The van der Waals surface area contributed by atoms with Gasteiger partial charge in [0.2, 0.25) is 0 Å². The molecule has 13 heavy (non-hydrogen) atoms. The monoisotopic (exact) mass is 182 g/mol. The van der Waals surface area contributed by atoms with Gasteiger partial charge in [-0.1, -0.05) is 20.3 Å². The SMILES string of the molecule is CCC1(C)CC2CCC1CCOC2. The molecule has 2 aliphatic heterocycles. The normalized spacial score (nSPS) is 45.7. The van der Waals surface area contributed by atoms with Gasteiger partial charge in [-0.05, 0) is 42.9 Å². The summed E-state index contributed by atoms with van der Waals surface area (Å²) in [6.07, 6.45) is 6.94. The Bertz CT molecular complexity index is 174. The lowest BCUT2D eigenvalue weighted by molar-refractivity contribution is -0.0315. The van der Waals surface area contributed by atoms with E-state index < -0.39 is 0 Å². The number of fused-ring (bicyclic) bond motifs is 5. The standard InChI is InChI=1S/C12H22O/c1-3-12(2)8-10-4-5-11(12)6-7-13-9-10/h10-11H,3-9H2,1-2H3. The quantitative estimate of drug-likeness (QED) is 0.605. The predicted octanol–water partition coefficient (Wildman–Crippen LogP) is 3.24. The summed E-state index contributed by atoms with van der Waals surface area (Å²) in [5.41, 5.74) is 0.632. The van der Waals surface area contributed by atoms with Gasteiger partial charge in [0.05, 0.1) is 0 Å². The maximum atomic E-state index is 5.65. The van der Waals surface area contributed by atoms with E-state index in [9.17, 15) is 0 Å². The van der Waals surface area contributed by atoms with Crippen LogP contribution in [0.1, 0.15) is 46.0 Å². The molecule has 0 N–H and O–H groups in total. The lowest BCUT2D eigenvalue weighted by Crippen LogP contribution is -2.38. The van der Waals surface area contributed by atoms with Crippen LogP contribution in [-0.4, -0.2) is 13.2 Å². The van der Waals surface area contributed by atoms with Crippen molar-refractivity contribution in [3.8, 4) is 0 Å². The van der Waals surface area contributed by atoms with E-state index in [4.69, 9.17) is 4.74 Å². The Labute approximate surface area is 81.9 Å². The number of hydrogen-bond acceptors (Lipinski definition) is 1. The Balaban J connectivity index is 2.12. The summed E-state index contributed by atoms with van der Waals surface area (Å²) < 4.78 is 5.65. The molecule has 1 aliphatic carbocycles. The summed E-state index contributed by atoms with van der Waals surface area (Å²) in [4.78, 5) is 0. The molecule has 3 fully saturated rings. The first-order chi connectivity index (χ1) is 6.24. The molecule has 0 amide bonds. The summed E-state index contributed by atoms with van der Waals surface area (Å²) in [5.74, 6) is 1.80. The van der Waals surface area contributed by atoms with E-state index in [1.165, 1.54) is 32.1 Å². The van der Waals surface area contributed by atoms with E-state index in [0.717, 1.165) is 25.0 Å². The van der Waals surface area contributed by atoms with Crippen LogP contribution >= 0.6 is 0 Å². The molecule has 2 heterocycles. The van der Waals surface area contributed by atoms with Crippen molar-refractivity contribution in [2.45, 2.75) is 46.0 Å². The summed E-state index contributed by atoms with van der Waals surface area (Å²) in [7, 11) is 0. The van der Waals surface area contributed by atoms with Gasteiger partial charge in [0.25, 0.3) is 0 Å². The minimum Gasteiger partial charge on any atom is -0.381 e. The fourth-order valence-electron chi connectivity index (χ4n) is 3.26. The minimum absolute atomic E-state index is 0.632. The van der Waals surface area contributed by atoms with Gasteiger partial charge >= 0.3 is 0 Å². The van der Waals surface area contributed by atoms with E-state index in [0.29, 0.717) is 5.41 Å². The van der Waals surface area contributed by atoms with Crippen LogP contribution in [0.4, 0.5) is 0 Å². The van der Waals surface area contributed by atoms with Crippen molar-refractivity contribution in [1.29, 1.82) is 0 Å². The van der Waals surface area contributed by atoms with E-state index in [-0.39, 0.29) is 0 Å². The zero-order valence-electron chi connectivity index (χ0n) is 9.01. The van der Waals surface area contributed by atoms with Gasteiger partial charge < -0.3 is 4.74 Å². The van der Waals surface area contributed by atoms with Gasteiger partial charge in [0, 0.05) is 13.2 Å². The first kappa shape index (κ1) is 9.51. The lowest BCUT2D eigenvalue weighted by Gasteiger charge is -2.46. The molecule has 1 heteroatoms. The van der Waals surface area contributed by atoms with Crippen LogP contribution in [0.3, 0.4) is 0 Å². The van der Waals surface area contributed by atoms with Crippen molar-refractivity contribution in [3.63, 3.8) is 0 Å². The fourth-order valence-corrected chi connectivity index (χ4v) is 3.26. The third-order valence-electron chi connectivity index (χ3n) is 4.44. The highest BCUT2D eigenvalue weighted by atomic mass is 16.5. The fraction of sp³-hybridized carbons (Fsp3) is 1.00. The van der Waals surface area contributed by atoms with Crippen molar-refractivity contribution < 1.29 is 4.74 Å². The molecule has 3 atom stereocenters. The van der Waals surface area contributed by atoms with Gasteiger partial charge in [-0.3, -0.25) is 0 Å². The first-order valence-corrected chi connectivity index (χ1v) is 5.82. The second-order valence-electron chi connectivity index (χ2n) is 5.22. The third-order valence-corrected chi connectivity index (χ3v) is 4.44. The van der Waals surface area contributed by atoms with Crippen molar-refractivity contribution >= 4 is 0 Å². The highest BCUT2D eigenvalue weighted by molar-refractivity contribution is 4.89. The highest BCUT2D eigenvalue weighted by Gasteiger charge is 2.39. The first-order valence-electron chi connectivity index (χ1n) is 5.82. The second-order valence-corrected chi connectivity index (χ2v) is 5.22. The largest absolute Gasteiger partial charge is 0.381 e. The predicted molar refractivity (Wildman–Crippen MR) is 54.7 cm³/mol. The molecule has 76 valence electrons. The molecule has 2 saturated heterocycles. The van der Waals surface area contributed by atoms with Crippen LogP contribution in [0.25, 0.3) is 0 Å². The summed E-state index contributed by atoms with van der Waals surface area (Å²) in [6.45, 7) is 6.89. The molecular weight excluding hydrogens is 160 g/mol. The van der Waals surface area contributed by atoms with Crippen LogP contribution in [0, 0.1) is 17.3 Å². The van der Waals surface area contributed by atoms with Gasteiger partial charge in [-0.25, -0.2) is 0 Å².